The second-order valence-electron chi connectivity index (χ2n) is 7.87. The third kappa shape index (κ3) is 7.27. The summed E-state index contributed by atoms with van der Waals surface area (Å²) in [5, 5.41) is 6.53. The fourth-order valence-corrected chi connectivity index (χ4v) is 4.42. The Kier molecular flexibility index (Phi) is 8.89. The molecule has 2 fully saturated rings. The van der Waals surface area contributed by atoms with E-state index in [1.165, 1.54) is 6.07 Å². The zero-order chi connectivity index (χ0) is 22.4. The Hall–Kier alpha value is -1.48. The summed E-state index contributed by atoms with van der Waals surface area (Å²) in [5.41, 5.74) is 0.291. The maximum atomic E-state index is 13.1. The summed E-state index contributed by atoms with van der Waals surface area (Å²) < 4.78 is 0. The summed E-state index contributed by atoms with van der Waals surface area (Å²) >= 11 is 13.7. The molecule has 0 aromatic heterocycles. The van der Waals surface area contributed by atoms with Gasteiger partial charge in [0.15, 0.2) is 0 Å². The first-order chi connectivity index (χ1) is 14.9. The van der Waals surface area contributed by atoms with Crippen LogP contribution in [0.2, 0.25) is 10.0 Å². The summed E-state index contributed by atoms with van der Waals surface area (Å²) in [5.74, 6) is 0.296. The van der Waals surface area contributed by atoms with E-state index in [1.54, 1.807) is 28.8 Å². The first kappa shape index (κ1) is 24.2. The van der Waals surface area contributed by atoms with E-state index >= 15 is 0 Å². The average molecular weight is 487 g/mol. The van der Waals surface area contributed by atoms with Crippen LogP contribution in [0.1, 0.15) is 29.6 Å². The van der Waals surface area contributed by atoms with Crippen LogP contribution in [-0.2, 0) is 9.59 Å². The van der Waals surface area contributed by atoms with E-state index < -0.39 is 11.9 Å². The summed E-state index contributed by atoms with van der Waals surface area (Å²) in [6.07, 6.45) is 4.63. The van der Waals surface area contributed by atoms with Crippen molar-refractivity contribution in [2.24, 2.45) is 0 Å². The zero-order valence-corrected chi connectivity index (χ0v) is 19.9. The number of nitrogens with zero attached hydrogens (tertiary/aromatic N) is 2. The Morgan fingerprint density at radius 3 is 2.48 bits per heavy atom. The van der Waals surface area contributed by atoms with Gasteiger partial charge in [-0.1, -0.05) is 23.2 Å². The number of benzene rings is 1. The summed E-state index contributed by atoms with van der Waals surface area (Å²) in [7, 11) is 0. The smallest absolute Gasteiger partial charge is 0.253 e. The van der Waals surface area contributed by atoms with Gasteiger partial charge in [-0.05, 0) is 49.5 Å². The molecular formula is C21H28Cl2N4O3S. The fraction of sp³-hybridized carbons (Fsp3) is 0.571. The van der Waals surface area contributed by atoms with E-state index in [0.717, 1.165) is 18.6 Å². The molecule has 1 heterocycles. The maximum Gasteiger partial charge on any atom is 0.253 e. The quantitative estimate of drug-likeness (QED) is 0.559. The highest BCUT2D eigenvalue weighted by atomic mass is 35.5. The lowest BCUT2D eigenvalue weighted by Gasteiger charge is -2.36. The van der Waals surface area contributed by atoms with E-state index in [2.05, 4.69) is 15.5 Å². The molecule has 1 aliphatic heterocycles. The molecule has 1 saturated carbocycles. The molecule has 1 aromatic carbocycles. The van der Waals surface area contributed by atoms with Crippen molar-refractivity contribution in [2.75, 3.05) is 44.7 Å². The largest absolute Gasteiger partial charge is 0.352 e. The van der Waals surface area contributed by atoms with Crippen LogP contribution in [0.4, 0.5) is 0 Å². The topological polar surface area (TPSA) is 81.8 Å². The Morgan fingerprint density at radius 2 is 1.87 bits per heavy atom. The lowest BCUT2D eigenvalue weighted by atomic mass is 10.1. The van der Waals surface area contributed by atoms with Crippen LogP contribution in [0, 0.1) is 0 Å². The van der Waals surface area contributed by atoms with Crippen LogP contribution in [0.25, 0.3) is 0 Å². The summed E-state index contributed by atoms with van der Waals surface area (Å²) in [6.45, 7) is 2.69. The normalized spacial score (nSPS) is 17.8. The van der Waals surface area contributed by atoms with Crippen LogP contribution < -0.4 is 10.6 Å². The van der Waals surface area contributed by atoms with Gasteiger partial charge < -0.3 is 15.5 Å². The van der Waals surface area contributed by atoms with Crippen molar-refractivity contribution in [3.05, 3.63) is 33.8 Å². The van der Waals surface area contributed by atoms with Gasteiger partial charge in [0.2, 0.25) is 11.8 Å². The minimum Gasteiger partial charge on any atom is -0.352 e. The van der Waals surface area contributed by atoms with E-state index in [-0.39, 0.29) is 16.8 Å². The molecule has 0 radical (unpaired) electrons. The molecule has 1 atom stereocenters. The molecule has 0 spiro atoms. The molecule has 2 N–H and O–H groups in total. The van der Waals surface area contributed by atoms with Crippen LogP contribution >= 0.6 is 35.0 Å². The number of carbonyl (C=O) groups excluding carboxylic acids is 3. The minimum absolute atomic E-state index is 0.0484. The number of hydrogen-bond acceptors (Lipinski definition) is 5. The molecule has 0 bridgehead atoms. The van der Waals surface area contributed by atoms with Gasteiger partial charge in [0.05, 0.1) is 17.1 Å². The van der Waals surface area contributed by atoms with Crippen LogP contribution in [-0.4, -0.2) is 84.3 Å². The van der Waals surface area contributed by atoms with Crippen molar-refractivity contribution in [1.82, 2.24) is 20.4 Å². The molecule has 10 heteroatoms. The monoisotopic (exact) mass is 486 g/mol. The van der Waals surface area contributed by atoms with Gasteiger partial charge in [-0.15, -0.1) is 0 Å². The van der Waals surface area contributed by atoms with Crippen molar-refractivity contribution in [1.29, 1.82) is 0 Å². The lowest BCUT2D eigenvalue weighted by Crippen LogP contribution is -2.56. The van der Waals surface area contributed by atoms with Crippen molar-refractivity contribution >= 4 is 52.7 Å². The van der Waals surface area contributed by atoms with Crippen LogP contribution in [0.3, 0.4) is 0 Å². The number of rotatable bonds is 9. The van der Waals surface area contributed by atoms with Gasteiger partial charge >= 0.3 is 0 Å². The maximum absolute atomic E-state index is 13.1. The highest BCUT2D eigenvalue weighted by molar-refractivity contribution is 7.98. The molecular weight excluding hydrogens is 459 g/mol. The summed E-state index contributed by atoms with van der Waals surface area (Å²) in [4.78, 5) is 41.7. The first-order valence-electron chi connectivity index (χ1n) is 10.4. The molecule has 3 rings (SSSR count). The lowest BCUT2D eigenvalue weighted by molar-refractivity contribution is -0.135. The predicted molar refractivity (Wildman–Crippen MR) is 125 cm³/mol. The van der Waals surface area contributed by atoms with Crippen molar-refractivity contribution in [2.45, 2.75) is 31.3 Å². The highest BCUT2D eigenvalue weighted by Gasteiger charge is 2.30. The number of piperazine rings is 1. The van der Waals surface area contributed by atoms with E-state index in [9.17, 15) is 14.4 Å². The highest BCUT2D eigenvalue weighted by Crippen LogP contribution is 2.21. The molecule has 2 aliphatic rings. The van der Waals surface area contributed by atoms with E-state index in [1.807, 2.05) is 6.26 Å². The molecule has 1 aromatic rings. The number of amides is 3. The molecule has 170 valence electrons. The average Bonchev–Trinajstić information content (AvgIpc) is 3.54. The van der Waals surface area contributed by atoms with Gasteiger partial charge in [-0.25, -0.2) is 0 Å². The SMILES string of the molecule is CSCCC(NC(=O)c1ccc(Cl)cc1Cl)C(=O)N1CCN(CC(=O)NC2CC2)CC1. The fourth-order valence-electron chi connectivity index (χ4n) is 3.45. The van der Waals surface area contributed by atoms with E-state index in [0.29, 0.717) is 55.8 Å². The number of nitrogens with one attached hydrogen (secondary N) is 2. The summed E-state index contributed by atoms with van der Waals surface area (Å²) in [6, 6.07) is 4.39. The third-order valence-corrected chi connectivity index (χ3v) is 6.58. The van der Waals surface area contributed by atoms with Gasteiger partial charge in [0.25, 0.3) is 5.91 Å². The van der Waals surface area contributed by atoms with Crippen molar-refractivity contribution < 1.29 is 14.4 Å². The molecule has 7 nitrogen and oxygen atoms in total. The van der Waals surface area contributed by atoms with E-state index in [4.69, 9.17) is 23.2 Å². The Labute approximate surface area is 197 Å². The second-order valence-corrected chi connectivity index (χ2v) is 9.70. The van der Waals surface area contributed by atoms with Gasteiger partial charge in [0, 0.05) is 37.2 Å². The third-order valence-electron chi connectivity index (χ3n) is 5.38. The minimum atomic E-state index is -0.628. The number of thioether (sulfide) groups is 1. The second kappa shape index (κ2) is 11.4. The van der Waals surface area contributed by atoms with Gasteiger partial charge in [0.1, 0.15) is 6.04 Å². The molecule has 1 saturated heterocycles. The van der Waals surface area contributed by atoms with Gasteiger partial charge in [-0.2, -0.15) is 11.8 Å². The Morgan fingerprint density at radius 1 is 1.16 bits per heavy atom. The number of halogens is 2. The van der Waals surface area contributed by atoms with Crippen LogP contribution in [0.15, 0.2) is 18.2 Å². The van der Waals surface area contributed by atoms with Crippen molar-refractivity contribution in [3.63, 3.8) is 0 Å². The Bertz CT molecular complexity index is 814. The number of carbonyl (C=O) groups is 3. The molecule has 1 unspecified atom stereocenters. The molecule has 1 aliphatic carbocycles. The van der Waals surface area contributed by atoms with Crippen LogP contribution in [0.5, 0.6) is 0 Å². The Balaban J connectivity index is 1.55. The molecule has 3 amide bonds. The van der Waals surface area contributed by atoms with Crippen molar-refractivity contribution in [3.8, 4) is 0 Å². The van der Waals surface area contributed by atoms with Gasteiger partial charge in [-0.3, -0.25) is 19.3 Å². The molecule has 31 heavy (non-hydrogen) atoms. The number of hydrogen-bond donors (Lipinski definition) is 2. The zero-order valence-electron chi connectivity index (χ0n) is 17.5. The standard InChI is InChI=1S/C21H28Cl2N4O3S/c1-31-11-6-18(25-20(29)16-5-2-14(22)12-17(16)23)21(30)27-9-7-26(8-10-27)13-19(28)24-15-3-4-15/h2,5,12,15,18H,3-4,6-11,13H2,1H3,(H,24,28)(H,25,29). The first-order valence-corrected chi connectivity index (χ1v) is 12.6. The predicted octanol–water partition coefficient (Wildman–Crippen LogP) is 2.27.